The molecule has 20 heavy (non-hydrogen) atoms. The lowest BCUT2D eigenvalue weighted by molar-refractivity contribution is 0.853. The lowest BCUT2D eigenvalue weighted by Crippen LogP contribution is -2.22. The summed E-state index contributed by atoms with van der Waals surface area (Å²) < 4.78 is 0. The summed E-state index contributed by atoms with van der Waals surface area (Å²) in [6, 6.07) is 12.5. The largest absolute Gasteiger partial charge is 0.359 e. The Balaban J connectivity index is 2.03. The summed E-state index contributed by atoms with van der Waals surface area (Å²) in [5.74, 6) is 1.67. The Labute approximate surface area is 120 Å². The summed E-state index contributed by atoms with van der Waals surface area (Å²) in [6.45, 7) is 5.81. The van der Waals surface area contributed by atoms with Gasteiger partial charge in [-0.15, -0.1) is 0 Å². The maximum Gasteiger partial charge on any atom is 0.224 e. The Morgan fingerprint density at radius 2 is 1.90 bits per heavy atom. The molecule has 0 amide bonds. The van der Waals surface area contributed by atoms with Gasteiger partial charge >= 0.3 is 0 Å². The van der Waals surface area contributed by atoms with Gasteiger partial charge in [-0.05, 0) is 25.8 Å². The number of likely N-dealkylation sites (N-methyl/N-ethyl adjacent to an activating group) is 1. The third-order valence-electron chi connectivity index (χ3n) is 3.15. The SMILES string of the molecule is CCNc1nc(C)cc(N(C)CCc2ccccc2)n1. The van der Waals surface area contributed by atoms with Gasteiger partial charge < -0.3 is 10.2 Å². The minimum atomic E-state index is 0.703. The first-order chi connectivity index (χ1) is 9.69. The maximum atomic E-state index is 4.54. The van der Waals surface area contributed by atoms with E-state index in [0.29, 0.717) is 5.95 Å². The van der Waals surface area contributed by atoms with Crippen molar-refractivity contribution >= 4 is 11.8 Å². The zero-order valence-corrected chi connectivity index (χ0v) is 12.4. The third kappa shape index (κ3) is 3.95. The molecule has 0 bridgehead atoms. The van der Waals surface area contributed by atoms with Crippen molar-refractivity contribution < 1.29 is 0 Å². The lowest BCUT2D eigenvalue weighted by atomic mass is 10.1. The first-order valence-electron chi connectivity index (χ1n) is 7.03. The molecule has 0 fully saturated rings. The zero-order chi connectivity index (χ0) is 14.4. The number of aromatic nitrogens is 2. The Morgan fingerprint density at radius 1 is 1.15 bits per heavy atom. The van der Waals surface area contributed by atoms with Crippen molar-refractivity contribution in [3.63, 3.8) is 0 Å². The molecular formula is C16H22N4. The second-order valence-corrected chi connectivity index (χ2v) is 4.88. The first kappa shape index (κ1) is 14.3. The van der Waals surface area contributed by atoms with E-state index in [2.05, 4.69) is 51.5 Å². The van der Waals surface area contributed by atoms with Crippen LogP contribution < -0.4 is 10.2 Å². The molecule has 0 saturated carbocycles. The molecule has 4 heteroatoms. The Bertz CT molecular complexity index is 539. The second-order valence-electron chi connectivity index (χ2n) is 4.88. The van der Waals surface area contributed by atoms with Crippen LogP contribution in [0.1, 0.15) is 18.2 Å². The predicted octanol–water partition coefficient (Wildman–Crippen LogP) is 2.90. The molecule has 4 nitrogen and oxygen atoms in total. The number of aryl methyl sites for hydroxylation is 1. The molecule has 1 aromatic heterocycles. The molecule has 1 heterocycles. The number of hydrogen-bond donors (Lipinski definition) is 1. The van der Waals surface area contributed by atoms with Gasteiger partial charge in [-0.1, -0.05) is 30.3 Å². The van der Waals surface area contributed by atoms with Gasteiger partial charge in [-0.2, -0.15) is 4.98 Å². The quantitative estimate of drug-likeness (QED) is 0.876. The van der Waals surface area contributed by atoms with Crippen LogP contribution in [0, 0.1) is 6.92 Å². The van der Waals surface area contributed by atoms with E-state index in [0.717, 1.165) is 31.0 Å². The Kier molecular flexibility index (Phi) is 4.93. The van der Waals surface area contributed by atoms with Crippen LogP contribution in [0.4, 0.5) is 11.8 Å². The average Bonchev–Trinajstić information content (AvgIpc) is 2.45. The number of hydrogen-bond acceptors (Lipinski definition) is 4. The highest BCUT2D eigenvalue weighted by Gasteiger charge is 2.06. The minimum Gasteiger partial charge on any atom is -0.359 e. The number of nitrogens with zero attached hydrogens (tertiary/aromatic N) is 3. The van der Waals surface area contributed by atoms with Crippen LogP contribution in [-0.2, 0) is 6.42 Å². The lowest BCUT2D eigenvalue weighted by Gasteiger charge is -2.19. The van der Waals surface area contributed by atoms with Crippen molar-refractivity contribution in [1.29, 1.82) is 0 Å². The van der Waals surface area contributed by atoms with E-state index in [4.69, 9.17) is 0 Å². The van der Waals surface area contributed by atoms with Crippen molar-refractivity contribution in [3.05, 3.63) is 47.7 Å². The standard InChI is InChI=1S/C16H22N4/c1-4-17-16-18-13(2)12-15(19-16)20(3)11-10-14-8-6-5-7-9-14/h5-9,12H,4,10-11H2,1-3H3,(H,17,18,19). The molecule has 0 atom stereocenters. The second kappa shape index (κ2) is 6.89. The van der Waals surface area contributed by atoms with Gasteiger partial charge in [0.15, 0.2) is 0 Å². The summed E-state index contributed by atoms with van der Waals surface area (Å²) in [6.07, 6.45) is 1.01. The molecule has 1 aromatic carbocycles. The Hall–Kier alpha value is -2.10. The van der Waals surface area contributed by atoms with E-state index in [1.165, 1.54) is 5.56 Å². The highest BCUT2D eigenvalue weighted by molar-refractivity contribution is 5.44. The van der Waals surface area contributed by atoms with E-state index in [9.17, 15) is 0 Å². The zero-order valence-electron chi connectivity index (χ0n) is 12.4. The van der Waals surface area contributed by atoms with E-state index in [1.54, 1.807) is 0 Å². The third-order valence-corrected chi connectivity index (χ3v) is 3.15. The van der Waals surface area contributed by atoms with Crippen molar-refractivity contribution in [2.24, 2.45) is 0 Å². The monoisotopic (exact) mass is 270 g/mol. The van der Waals surface area contributed by atoms with Crippen molar-refractivity contribution in [2.45, 2.75) is 20.3 Å². The molecule has 0 radical (unpaired) electrons. The molecule has 0 aliphatic heterocycles. The number of nitrogens with one attached hydrogen (secondary N) is 1. The molecule has 0 aliphatic carbocycles. The van der Waals surface area contributed by atoms with Crippen molar-refractivity contribution in [2.75, 3.05) is 30.4 Å². The minimum absolute atomic E-state index is 0.703. The van der Waals surface area contributed by atoms with Crippen LogP contribution >= 0.6 is 0 Å². The average molecular weight is 270 g/mol. The first-order valence-corrected chi connectivity index (χ1v) is 7.03. The summed E-state index contributed by atoms with van der Waals surface area (Å²) >= 11 is 0. The summed E-state index contributed by atoms with van der Waals surface area (Å²) in [7, 11) is 2.07. The van der Waals surface area contributed by atoms with Gasteiger partial charge in [0.1, 0.15) is 5.82 Å². The van der Waals surface area contributed by atoms with Gasteiger partial charge in [-0.25, -0.2) is 4.98 Å². The highest BCUT2D eigenvalue weighted by atomic mass is 15.2. The van der Waals surface area contributed by atoms with Crippen LogP contribution in [0.25, 0.3) is 0 Å². The molecule has 0 aliphatic rings. The van der Waals surface area contributed by atoms with Crippen LogP contribution in [0.2, 0.25) is 0 Å². The molecule has 0 unspecified atom stereocenters. The fraction of sp³-hybridized carbons (Fsp3) is 0.375. The van der Waals surface area contributed by atoms with Crippen LogP contribution in [-0.4, -0.2) is 30.1 Å². The van der Waals surface area contributed by atoms with Gasteiger partial charge in [0, 0.05) is 31.9 Å². The van der Waals surface area contributed by atoms with Crippen LogP contribution in [0.5, 0.6) is 0 Å². The molecule has 0 spiro atoms. The summed E-state index contributed by atoms with van der Waals surface area (Å²) in [5, 5.41) is 3.17. The number of rotatable bonds is 6. The van der Waals surface area contributed by atoms with E-state index >= 15 is 0 Å². The van der Waals surface area contributed by atoms with Crippen molar-refractivity contribution in [1.82, 2.24) is 9.97 Å². The van der Waals surface area contributed by atoms with Gasteiger partial charge in [0.2, 0.25) is 5.95 Å². The maximum absolute atomic E-state index is 4.54. The van der Waals surface area contributed by atoms with E-state index in [1.807, 2.05) is 26.0 Å². The number of anilines is 2. The fourth-order valence-corrected chi connectivity index (χ4v) is 2.04. The smallest absolute Gasteiger partial charge is 0.224 e. The molecule has 1 N–H and O–H groups in total. The normalized spacial score (nSPS) is 10.3. The molecular weight excluding hydrogens is 248 g/mol. The van der Waals surface area contributed by atoms with Crippen LogP contribution in [0.15, 0.2) is 36.4 Å². The van der Waals surface area contributed by atoms with Gasteiger partial charge in [0.25, 0.3) is 0 Å². The van der Waals surface area contributed by atoms with Gasteiger partial charge in [0.05, 0.1) is 0 Å². The topological polar surface area (TPSA) is 41.1 Å². The summed E-state index contributed by atoms with van der Waals surface area (Å²) in [5.41, 5.74) is 2.33. The molecule has 0 saturated heterocycles. The Morgan fingerprint density at radius 3 is 2.60 bits per heavy atom. The molecule has 106 valence electrons. The molecule has 2 aromatic rings. The fourth-order valence-electron chi connectivity index (χ4n) is 2.04. The predicted molar refractivity (Wildman–Crippen MR) is 84.3 cm³/mol. The highest BCUT2D eigenvalue weighted by Crippen LogP contribution is 2.14. The van der Waals surface area contributed by atoms with Crippen LogP contribution in [0.3, 0.4) is 0 Å². The summed E-state index contributed by atoms with van der Waals surface area (Å²) in [4.78, 5) is 11.1. The number of benzene rings is 1. The van der Waals surface area contributed by atoms with E-state index in [-0.39, 0.29) is 0 Å². The molecule has 2 rings (SSSR count). The van der Waals surface area contributed by atoms with Gasteiger partial charge in [-0.3, -0.25) is 0 Å². The van der Waals surface area contributed by atoms with Crippen molar-refractivity contribution in [3.8, 4) is 0 Å². The van der Waals surface area contributed by atoms with E-state index < -0.39 is 0 Å².